The van der Waals surface area contributed by atoms with E-state index in [0.29, 0.717) is 24.8 Å². The van der Waals surface area contributed by atoms with Gasteiger partial charge in [0.05, 0.1) is 18.5 Å². The number of rotatable bonds is 8. The average molecular weight is 648 g/mol. The highest BCUT2D eigenvalue weighted by Crippen LogP contribution is 2.34. The Bertz CT molecular complexity index is 1170. The van der Waals surface area contributed by atoms with Crippen molar-refractivity contribution in [2.45, 2.75) is 117 Å². The summed E-state index contributed by atoms with van der Waals surface area (Å²) in [5.74, 6) is -3.23. The van der Waals surface area contributed by atoms with Gasteiger partial charge >= 0.3 is 5.97 Å². The molecule has 2 aliphatic heterocycles. The number of imidazole rings is 1. The van der Waals surface area contributed by atoms with Gasteiger partial charge in [0.15, 0.2) is 17.9 Å². The number of aromatic nitrogens is 2. The average Bonchev–Trinajstić information content (AvgIpc) is 3.57. The standard InChI is InChI=1S/C34H53N3O7.CH4O/c1-11-28-34(12-2,41-20-37-14-13-35-19-37)18-23(5)30(38)21(3)15-22(4)32(25(7)31(39)26(8)33(40)43-28)44-29-17-27(36(9)10)16-24(6)42-29;1-2/h12-14,18-19,21-22,24-29,32H,2,11,15-17,20H2,1,3-10H3;2H,1H3/b23-18+;/t21-,22+,24-,25+,26-,27+,28-,29+,32+,34+;/m1./s1. The highest BCUT2D eigenvalue weighted by atomic mass is 16.7. The Morgan fingerprint density at radius 3 is 2.37 bits per heavy atom. The van der Waals surface area contributed by atoms with Crippen molar-refractivity contribution >= 4 is 17.5 Å². The Labute approximate surface area is 275 Å². The molecular weight excluding hydrogens is 590 g/mol. The largest absolute Gasteiger partial charge is 0.458 e. The van der Waals surface area contributed by atoms with E-state index in [9.17, 15) is 14.4 Å². The van der Waals surface area contributed by atoms with Gasteiger partial charge < -0.3 is 33.5 Å². The highest BCUT2D eigenvalue weighted by molar-refractivity contribution is 6.00. The van der Waals surface area contributed by atoms with E-state index in [1.54, 1.807) is 56.2 Å². The number of carbonyl (C=O) groups excluding carboxylic acids is 3. The second-order valence-corrected chi connectivity index (χ2v) is 13.0. The van der Waals surface area contributed by atoms with E-state index >= 15 is 0 Å². The number of cyclic esters (lactones) is 1. The molecule has 3 rings (SSSR count). The van der Waals surface area contributed by atoms with E-state index in [-0.39, 0.29) is 42.3 Å². The van der Waals surface area contributed by atoms with E-state index in [1.165, 1.54) is 0 Å². The molecule has 0 aromatic carbocycles. The lowest BCUT2D eigenvalue weighted by Crippen LogP contribution is -2.48. The van der Waals surface area contributed by atoms with Crippen LogP contribution in [0.1, 0.15) is 74.1 Å². The molecule has 1 aromatic heterocycles. The van der Waals surface area contributed by atoms with Crippen LogP contribution in [0.15, 0.2) is 43.0 Å². The van der Waals surface area contributed by atoms with Gasteiger partial charge in [-0.25, -0.2) is 4.98 Å². The lowest BCUT2D eigenvalue weighted by Gasteiger charge is -2.41. The van der Waals surface area contributed by atoms with Gasteiger partial charge in [-0.15, -0.1) is 0 Å². The van der Waals surface area contributed by atoms with Crippen LogP contribution in [0.3, 0.4) is 0 Å². The molecule has 260 valence electrons. The predicted octanol–water partition coefficient (Wildman–Crippen LogP) is 4.59. The zero-order chi connectivity index (χ0) is 34.8. The van der Waals surface area contributed by atoms with Gasteiger partial charge in [-0.1, -0.05) is 40.3 Å². The Morgan fingerprint density at radius 1 is 1.13 bits per heavy atom. The Kier molecular flexibility index (Phi) is 15.5. The fourth-order valence-electron chi connectivity index (χ4n) is 6.53. The number of carbonyl (C=O) groups is 3. The predicted molar refractivity (Wildman–Crippen MR) is 176 cm³/mol. The first-order valence-electron chi connectivity index (χ1n) is 16.4. The van der Waals surface area contributed by atoms with Crippen molar-refractivity contribution in [3.63, 3.8) is 0 Å². The molecule has 0 saturated carbocycles. The van der Waals surface area contributed by atoms with Crippen molar-refractivity contribution in [3.8, 4) is 0 Å². The summed E-state index contributed by atoms with van der Waals surface area (Å²) < 4.78 is 26.9. The first-order valence-corrected chi connectivity index (χ1v) is 16.4. The maximum absolute atomic E-state index is 13.9. The SMILES string of the molecule is C=C[C@]1(OCn2ccnc2)/C=C(\C)C(=O)[C@H](C)C[C@H](C)[C@H](O[C@H]2C[C@@H](N(C)C)C[C@@H](C)O2)[C@@H](C)C(=O)[C@@H](C)C(=O)O[C@@H]1CC.CO. The molecule has 1 fully saturated rings. The van der Waals surface area contributed by atoms with E-state index < -0.39 is 41.9 Å². The van der Waals surface area contributed by atoms with Crippen LogP contribution in [0.2, 0.25) is 0 Å². The number of ketones is 2. The molecule has 1 aromatic rings. The summed E-state index contributed by atoms with van der Waals surface area (Å²) in [4.78, 5) is 47.5. The number of ether oxygens (including phenoxy) is 4. The quantitative estimate of drug-likeness (QED) is 0.243. The molecule has 0 radical (unpaired) electrons. The molecule has 0 aliphatic carbocycles. The van der Waals surface area contributed by atoms with Crippen LogP contribution in [0.5, 0.6) is 0 Å². The first kappa shape index (κ1) is 39.5. The summed E-state index contributed by atoms with van der Waals surface area (Å²) in [5.41, 5.74) is -0.836. The summed E-state index contributed by atoms with van der Waals surface area (Å²) in [7, 11) is 5.08. The van der Waals surface area contributed by atoms with Crippen LogP contribution >= 0.6 is 0 Å². The molecule has 3 heterocycles. The summed E-state index contributed by atoms with van der Waals surface area (Å²) >= 11 is 0. The fourth-order valence-corrected chi connectivity index (χ4v) is 6.53. The van der Waals surface area contributed by atoms with Crippen LogP contribution in [0, 0.1) is 23.7 Å². The van der Waals surface area contributed by atoms with Crippen molar-refractivity contribution in [2.24, 2.45) is 23.7 Å². The molecule has 1 saturated heterocycles. The molecule has 0 spiro atoms. The number of esters is 1. The number of hydrogen-bond donors (Lipinski definition) is 1. The van der Waals surface area contributed by atoms with Crippen molar-refractivity contribution in [3.05, 3.63) is 43.0 Å². The first-order chi connectivity index (χ1) is 21.7. The number of allylic oxidation sites excluding steroid dienone is 1. The number of Topliss-reactive ketones (excluding diaryl/α,β-unsaturated/α-hetero) is 2. The number of nitrogens with zero attached hydrogens (tertiary/aromatic N) is 3. The van der Waals surface area contributed by atoms with E-state index in [0.717, 1.165) is 13.5 Å². The lowest BCUT2D eigenvalue weighted by molar-refractivity contribution is -0.236. The third-order valence-electron chi connectivity index (χ3n) is 9.25. The molecule has 46 heavy (non-hydrogen) atoms. The molecule has 11 heteroatoms. The number of aliphatic hydroxyl groups is 1. The molecule has 0 amide bonds. The normalized spacial score (nSPS) is 36.1. The van der Waals surface area contributed by atoms with E-state index in [2.05, 4.69) is 16.5 Å². The maximum Gasteiger partial charge on any atom is 0.316 e. The van der Waals surface area contributed by atoms with Crippen molar-refractivity contribution in [1.82, 2.24) is 14.5 Å². The van der Waals surface area contributed by atoms with Crippen molar-refractivity contribution < 1.29 is 38.4 Å². The van der Waals surface area contributed by atoms with Crippen LogP contribution < -0.4 is 0 Å². The van der Waals surface area contributed by atoms with Crippen LogP contribution in [-0.2, 0) is 40.1 Å². The van der Waals surface area contributed by atoms with Gasteiger partial charge in [-0.3, -0.25) is 14.4 Å². The van der Waals surface area contributed by atoms with Gasteiger partial charge in [0.2, 0.25) is 0 Å². The molecule has 0 unspecified atom stereocenters. The van der Waals surface area contributed by atoms with Crippen molar-refractivity contribution in [2.75, 3.05) is 21.2 Å². The molecule has 2 aliphatic rings. The summed E-state index contributed by atoms with van der Waals surface area (Å²) in [6.45, 7) is 17.0. The van der Waals surface area contributed by atoms with Crippen LogP contribution in [-0.4, -0.2) is 94.5 Å². The maximum atomic E-state index is 13.9. The molecule has 0 bridgehead atoms. The van der Waals surface area contributed by atoms with Gasteiger partial charge in [0, 0.05) is 43.8 Å². The Hall–Kier alpha value is -2.70. The summed E-state index contributed by atoms with van der Waals surface area (Å²) in [5, 5.41) is 7.00. The van der Waals surface area contributed by atoms with Gasteiger partial charge in [0.25, 0.3) is 0 Å². The van der Waals surface area contributed by atoms with Crippen LogP contribution in [0.25, 0.3) is 0 Å². The monoisotopic (exact) mass is 647 g/mol. The smallest absolute Gasteiger partial charge is 0.316 e. The lowest BCUT2D eigenvalue weighted by atomic mass is 9.79. The zero-order valence-corrected chi connectivity index (χ0v) is 29.5. The van der Waals surface area contributed by atoms with Crippen molar-refractivity contribution in [1.29, 1.82) is 0 Å². The second kappa shape index (κ2) is 18.0. The summed E-state index contributed by atoms with van der Waals surface area (Å²) in [6, 6.07) is 0.276. The summed E-state index contributed by atoms with van der Waals surface area (Å²) in [6.07, 6.45) is 8.74. The number of aliphatic hydroxyl groups excluding tert-OH is 1. The molecular formula is C35H57N3O8. The minimum absolute atomic E-state index is 0.00439. The van der Waals surface area contributed by atoms with Crippen LogP contribution in [0.4, 0.5) is 0 Å². The Morgan fingerprint density at radius 2 is 1.80 bits per heavy atom. The third-order valence-corrected chi connectivity index (χ3v) is 9.25. The van der Waals surface area contributed by atoms with Gasteiger partial charge in [-0.2, -0.15) is 0 Å². The minimum Gasteiger partial charge on any atom is -0.458 e. The zero-order valence-electron chi connectivity index (χ0n) is 29.5. The molecule has 10 atom stereocenters. The molecule has 1 N–H and O–H groups in total. The Balaban J connectivity index is 0.00000361. The third kappa shape index (κ3) is 9.90. The second-order valence-electron chi connectivity index (χ2n) is 13.0. The highest BCUT2D eigenvalue weighted by Gasteiger charge is 2.43. The van der Waals surface area contributed by atoms with E-state index in [4.69, 9.17) is 24.1 Å². The number of hydrogen-bond acceptors (Lipinski definition) is 10. The van der Waals surface area contributed by atoms with E-state index in [1.807, 2.05) is 41.8 Å². The van der Waals surface area contributed by atoms with Gasteiger partial charge in [0.1, 0.15) is 24.4 Å². The molecule has 11 nitrogen and oxygen atoms in total. The minimum atomic E-state index is -1.32. The van der Waals surface area contributed by atoms with Gasteiger partial charge in [-0.05, 0) is 71.7 Å². The topological polar surface area (TPSA) is 129 Å². The fraction of sp³-hybridized carbons (Fsp3) is 0.714.